The average Bonchev–Trinajstić information content (AvgIpc) is 3.00. The van der Waals surface area contributed by atoms with Gasteiger partial charge in [-0.1, -0.05) is 42.5 Å². The highest BCUT2D eigenvalue weighted by molar-refractivity contribution is 6.21. The van der Waals surface area contributed by atoms with E-state index in [1.165, 1.54) is 0 Å². The van der Waals surface area contributed by atoms with E-state index in [0.717, 1.165) is 4.90 Å². The smallest absolute Gasteiger partial charge is 0.261 e. The van der Waals surface area contributed by atoms with Crippen molar-refractivity contribution < 1.29 is 19.1 Å². The quantitative estimate of drug-likeness (QED) is 0.657. The molecule has 0 aromatic heterocycles. The van der Waals surface area contributed by atoms with Gasteiger partial charge in [0.1, 0.15) is 12.4 Å². The van der Waals surface area contributed by atoms with Crippen molar-refractivity contribution in [3.63, 3.8) is 0 Å². The Balaban J connectivity index is 1.42. The van der Waals surface area contributed by atoms with Crippen molar-refractivity contribution in [1.82, 2.24) is 4.90 Å². The Kier molecular flexibility index (Phi) is 5.07. The van der Waals surface area contributed by atoms with Crippen LogP contribution >= 0.6 is 0 Å². The molecule has 3 aromatic rings. The Hall–Kier alpha value is -3.93. The molecule has 0 aliphatic carbocycles. The summed E-state index contributed by atoms with van der Waals surface area (Å²) >= 11 is 0. The first-order valence-electron chi connectivity index (χ1n) is 9.18. The second-order valence-corrected chi connectivity index (χ2v) is 6.47. The molecule has 0 radical (unpaired) electrons. The minimum Gasteiger partial charge on any atom is -0.491 e. The van der Waals surface area contributed by atoms with Crippen molar-refractivity contribution in [3.8, 4) is 5.75 Å². The normalized spacial score (nSPS) is 12.6. The number of nitrogens with one attached hydrogen (secondary N) is 1. The monoisotopic (exact) mass is 386 g/mol. The number of carbonyl (C=O) groups is 3. The highest BCUT2D eigenvalue weighted by Gasteiger charge is 2.34. The van der Waals surface area contributed by atoms with Gasteiger partial charge in [-0.05, 0) is 36.4 Å². The summed E-state index contributed by atoms with van der Waals surface area (Å²) in [6.45, 7) is 0.183. The third kappa shape index (κ3) is 3.73. The molecule has 1 aliphatic heterocycles. The first kappa shape index (κ1) is 18.4. The number of fused-ring (bicyclic) bond motifs is 1. The van der Waals surface area contributed by atoms with Crippen molar-refractivity contribution in [2.45, 2.75) is 0 Å². The molecule has 1 aliphatic rings. The second kappa shape index (κ2) is 7.98. The van der Waals surface area contributed by atoms with Crippen LogP contribution in [0.3, 0.4) is 0 Å². The minimum atomic E-state index is -0.329. The Labute approximate surface area is 167 Å². The van der Waals surface area contributed by atoms with Gasteiger partial charge in [0.05, 0.1) is 23.2 Å². The van der Waals surface area contributed by atoms with Gasteiger partial charge in [-0.25, -0.2) is 0 Å². The highest BCUT2D eigenvalue weighted by atomic mass is 16.5. The number of nitrogens with zero attached hydrogens (tertiary/aromatic N) is 1. The topological polar surface area (TPSA) is 75.7 Å². The zero-order valence-corrected chi connectivity index (χ0v) is 15.5. The zero-order valence-electron chi connectivity index (χ0n) is 15.5. The number of carbonyl (C=O) groups excluding carboxylic acids is 3. The van der Waals surface area contributed by atoms with E-state index in [-0.39, 0.29) is 30.9 Å². The summed E-state index contributed by atoms with van der Waals surface area (Å²) in [4.78, 5) is 38.6. The molecule has 1 N–H and O–H groups in total. The molecule has 0 bridgehead atoms. The predicted octanol–water partition coefficient (Wildman–Crippen LogP) is 3.61. The Morgan fingerprint density at radius 3 is 2.07 bits per heavy atom. The third-order valence-corrected chi connectivity index (χ3v) is 4.61. The molecule has 0 atom stereocenters. The minimum absolute atomic E-state index is 0.0844. The van der Waals surface area contributed by atoms with Gasteiger partial charge in [0.2, 0.25) is 0 Å². The first-order valence-corrected chi connectivity index (χ1v) is 9.18. The van der Waals surface area contributed by atoms with Gasteiger partial charge in [0.25, 0.3) is 17.7 Å². The van der Waals surface area contributed by atoms with Gasteiger partial charge in [-0.3, -0.25) is 19.3 Å². The van der Waals surface area contributed by atoms with E-state index in [9.17, 15) is 14.4 Å². The molecule has 1 heterocycles. The van der Waals surface area contributed by atoms with E-state index in [1.54, 1.807) is 60.7 Å². The summed E-state index contributed by atoms with van der Waals surface area (Å²) in [6, 6.07) is 22.7. The number of hydrogen-bond acceptors (Lipinski definition) is 4. The number of imide groups is 1. The third-order valence-electron chi connectivity index (χ3n) is 4.61. The molecule has 3 amide bonds. The van der Waals surface area contributed by atoms with Crippen LogP contribution in [0.4, 0.5) is 5.69 Å². The van der Waals surface area contributed by atoms with E-state index in [4.69, 9.17) is 4.74 Å². The SMILES string of the molecule is O=C(Nc1ccccc1)c1ccccc1OCCN1C(=O)c2ccccc2C1=O. The molecule has 0 unspecified atom stereocenters. The number of rotatable bonds is 6. The van der Waals surface area contributed by atoms with Crippen LogP contribution in [0, 0.1) is 0 Å². The molecule has 29 heavy (non-hydrogen) atoms. The van der Waals surface area contributed by atoms with Gasteiger partial charge in [-0.2, -0.15) is 0 Å². The van der Waals surface area contributed by atoms with Crippen molar-refractivity contribution in [2.24, 2.45) is 0 Å². The zero-order chi connectivity index (χ0) is 20.2. The summed E-state index contributed by atoms with van der Waals surface area (Å²) in [5.41, 5.74) is 1.86. The number of hydrogen-bond donors (Lipinski definition) is 1. The van der Waals surface area contributed by atoms with Crippen molar-refractivity contribution in [2.75, 3.05) is 18.5 Å². The standard InChI is InChI=1S/C23H18N2O4/c26-21(24-16-8-2-1-3-9-16)19-12-6-7-13-20(19)29-15-14-25-22(27)17-10-4-5-11-18(17)23(25)28/h1-13H,14-15H2,(H,24,26). The summed E-state index contributed by atoms with van der Waals surface area (Å²) in [6.07, 6.45) is 0. The number of amides is 3. The maximum absolute atomic E-state index is 12.6. The molecule has 4 rings (SSSR count). The predicted molar refractivity (Wildman–Crippen MR) is 108 cm³/mol. The Morgan fingerprint density at radius 1 is 0.793 bits per heavy atom. The fraction of sp³-hybridized carbons (Fsp3) is 0.0870. The molecule has 6 nitrogen and oxygen atoms in total. The van der Waals surface area contributed by atoms with E-state index >= 15 is 0 Å². The van der Waals surface area contributed by atoms with Crippen molar-refractivity contribution >= 4 is 23.4 Å². The molecule has 0 fully saturated rings. The molecule has 0 spiro atoms. The lowest BCUT2D eigenvalue weighted by molar-refractivity contribution is 0.0630. The molecule has 6 heteroatoms. The van der Waals surface area contributed by atoms with E-state index in [0.29, 0.717) is 28.1 Å². The molecule has 0 saturated heterocycles. The first-order chi connectivity index (χ1) is 14.1. The summed E-state index contributed by atoms with van der Waals surface area (Å²) in [5.74, 6) is -0.571. The lowest BCUT2D eigenvalue weighted by Gasteiger charge is -2.16. The number of anilines is 1. The average molecular weight is 386 g/mol. The van der Waals surface area contributed by atoms with Crippen LogP contribution in [0.25, 0.3) is 0 Å². The van der Waals surface area contributed by atoms with Crippen molar-refractivity contribution in [1.29, 1.82) is 0 Å². The second-order valence-electron chi connectivity index (χ2n) is 6.47. The number of para-hydroxylation sites is 2. The van der Waals surface area contributed by atoms with Crippen LogP contribution in [0.15, 0.2) is 78.9 Å². The van der Waals surface area contributed by atoms with Crippen LogP contribution in [0.1, 0.15) is 31.1 Å². The largest absolute Gasteiger partial charge is 0.491 e. The number of ether oxygens (including phenoxy) is 1. The Morgan fingerprint density at radius 2 is 1.38 bits per heavy atom. The summed E-state index contributed by atoms with van der Waals surface area (Å²) < 4.78 is 5.75. The highest BCUT2D eigenvalue weighted by Crippen LogP contribution is 2.23. The summed E-state index contributed by atoms with van der Waals surface area (Å²) in [5, 5.41) is 2.82. The van der Waals surface area contributed by atoms with Gasteiger partial charge >= 0.3 is 0 Å². The molecular formula is C23H18N2O4. The van der Waals surface area contributed by atoms with Crippen LogP contribution in [0.2, 0.25) is 0 Å². The molecule has 3 aromatic carbocycles. The van der Waals surface area contributed by atoms with Crippen LogP contribution in [-0.2, 0) is 0 Å². The Bertz CT molecular complexity index is 1040. The van der Waals surface area contributed by atoms with E-state index in [2.05, 4.69) is 5.32 Å². The van der Waals surface area contributed by atoms with E-state index in [1.807, 2.05) is 18.2 Å². The fourth-order valence-corrected chi connectivity index (χ4v) is 3.19. The molecule has 0 saturated carbocycles. The van der Waals surface area contributed by atoms with Gasteiger partial charge in [0, 0.05) is 5.69 Å². The maximum atomic E-state index is 12.6. The summed E-state index contributed by atoms with van der Waals surface area (Å²) in [7, 11) is 0. The lowest BCUT2D eigenvalue weighted by Crippen LogP contribution is -2.33. The van der Waals surface area contributed by atoms with Gasteiger partial charge < -0.3 is 10.1 Å². The lowest BCUT2D eigenvalue weighted by atomic mass is 10.1. The van der Waals surface area contributed by atoms with Gasteiger partial charge in [-0.15, -0.1) is 0 Å². The van der Waals surface area contributed by atoms with Crippen LogP contribution in [0.5, 0.6) is 5.75 Å². The number of benzene rings is 3. The maximum Gasteiger partial charge on any atom is 0.261 e. The van der Waals surface area contributed by atoms with E-state index < -0.39 is 0 Å². The fourth-order valence-electron chi connectivity index (χ4n) is 3.19. The van der Waals surface area contributed by atoms with Crippen LogP contribution < -0.4 is 10.1 Å². The van der Waals surface area contributed by atoms with Gasteiger partial charge in [0.15, 0.2) is 0 Å². The van der Waals surface area contributed by atoms with Crippen LogP contribution in [-0.4, -0.2) is 35.8 Å². The molecule has 144 valence electrons. The molecular weight excluding hydrogens is 368 g/mol. The van der Waals surface area contributed by atoms with Crippen molar-refractivity contribution in [3.05, 3.63) is 95.6 Å².